The minimum Gasteiger partial charge on any atom is -0.338 e. The fraction of sp³-hybridized carbons (Fsp3) is 0.222. The second-order valence-electron chi connectivity index (χ2n) is 5.75. The number of anilines is 1. The third-order valence-electron chi connectivity index (χ3n) is 4.01. The van der Waals surface area contributed by atoms with E-state index >= 15 is 0 Å². The van der Waals surface area contributed by atoms with Gasteiger partial charge in [0.2, 0.25) is 11.8 Å². The zero-order valence-corrected chi connectivity index (χ0v) is 13.6. The van der Waals surface area contributed by atoms with Crippen LogP contribution in [0, 0.1) is 11.7 Å². The number of rotatable bonds is 4. The summed E-state index contributed by atoms with van der Waals surface area (Å²) in [5.74, 6) is -1.62. The van der Waals surface area contributed by atoms with Crippen molar-refractivity contribution in [3.05, 3.63) is 64.9 Å². The van der Waals surface area contributed by atoms with Crippen LogP contribution in [0.5, 0.6) is 0 Å². The summed E-state index contributed by atoms with van der Waals surface area (Å²) in [6.07, 6.45) is 0.126. The average Bonchev–Trinajstić information content (AvgIpc) is 2.94. The molecule has 2 aromatic carbocycles. The van der Waals surface area contributed by atoms with E-state index in [2.05, 4.69) is 5.32 Å². The lowest BCUT2D eigenvalue weighted by Crippen LogP contribution is -2.28. The Labute approximate surface area is 144 Å². The van der Waals surface area contributed by atoms with Crippen LogP contribution in [0.15, 0.2) is 48.5 Å². The van der Waals surface area contributed by atoms with Gasteiger partial charge in [-0.1, -0.05) is 48.0 Å². The van der Waals surface area contributed by atoms with Crippen LogP contribution >= 0.6 is 11.6 Å². The third-order valence-corrected chi connectivity index (χ3v) is 4.30. The Morgan fingerprint density at radius 2 is 1.96 bits per heavy atom. The van der Waals surface area contributed by atoms with Crippen molar-refractivity contribution in [1.82, 2.24) is 4.90 Å². The highest BCUT2D eigenvalue weighted by molar-refractivity contribution is 6.31. The number of benzene rings is 2. The van der Waals surface area contributed by atoms with Gasteiger partial charge in [0.1, 0.15) is 0 Å². The van der Waals surface area contributed by atoms with E-state index in [9.17, 15) is 14.0 Å². The molecule has 1 N–H and O–H groups in total. The number of carbonyl (C=O) groups is 2. The molecule has 24 heavy (non-hydrogen) atoms. The first-order valence-corrected chi connectivity index (χ1v) is 7.99. The molecular formula is C18H16ClFN2O2. The van der Waals surface area contributed by atoms with Gasteiger partial charge in [0.15, 0.2) is 5.82 Å². The summed E-state index contributed by atoms with van der Waals surface area (Å²) >= 11 is 5.70. The smallest absolute Gasteiger partial charge is 0.229 e. The van der Waals surface area contributed by atoms with Crippen LogP contribution in [-0.4, -0.2) is 23.3 Å². The van der Waals surface area contributed by atoms with Crippen molar-refractivity contribution >= 4 is 29.1 Å². The van der Waals surface area contributed by atoms with Gasteiger partial charge in [0.25, 0.3) is 0 Å². The van der Waals surface area contributed by atoms with Crippen molar-refractivity contribution in [2.45, 2.75) is 13.0 Å². The van der Waals surface area contributed by atoms with E-state index in [1.807, 2.05) is 30.3 Å². The zero-order chi connectivity index (χ0) is 17.1. The van der Waals surface area contributed by atoms with Gasteiger partial charge in [-0.05, 0) is 17.7 Å². The fourth-order valence-corrected chi connectivity index (χ4v) is 2.91. The molecule has 0 bridgehead atoms. The summed E-state index contributed by atoms with van der Waals surface area (Å²) in [6, 6.07) is 14.0. The SMILES string of the molecule is O=C(Nc1cccc(Cl)c1F)[C@@H]1CC(=O)N(Cc2ccccc2)C1. The van der Waals surface area contributed by atoms with Gasteiger partial charge in [0, 0.05) is 19.5 Å². The highest BCUT2D eigenvalue weighted by atomic mass is 35.5. The van der Waals surface area contributed by atoms with Gasteiger partial charge in [-0.3, -0.25) is 9.59 Å². The molecule has 1 aliphatic rings. The normalized spacial score (nSPS) is 17.2. The second-order valence-corrected chi connectivity index (χ2v) is 6.16. The summed E-state index contributed by atoms with van der Waals surface area (Å²) in [4.78, 5) is 26.1. The number of nitrogens with one attached hydrogen (secondary N) is 1. The summed E-state index contributed by atoms with van der Waals surface area (Å²) < 4.78 is 13.9. The number of hydrogen-bond donors (Lipinski definition) is 1. The first-order valence-electron chi connectivity index (χ1n) is 7.61. The molecular weight excluding hydrogens is 331 g/mol. The quantitative estimate of drug-likeness (QED) is 0.921. The van der Waals surface area contributed by atoms with Crippen LogP contribution in [0.2, 0.25) is 5.02 Å². The zero-order valence-electron chi connectivity index (χ0n) is 12.8. The monoisotopic (exact) mass is 346 g/mol. The van der Waals surface area contributed by atoms with Gasteiger partial charge in [-0.15, -0.1) is 0 Å². The molecule has 0 aromatic heterocycles. The molecule has 0 saturated carbocycles. The van der Waals surface area contributed by atoms with Gasteiger partial charge >= 0.3 is 0 Å². The molecule has 124 valence electrons. The maximum atomic E-state index is 13.9. The van der Waals surface area contributed by atoms with Crippen molar-refractivity contribution in [2.24, 2.45) is 5.92 Å². The van der Waals surface area contributed by atoms with Crippen LogP contribution in [0.25, 0.3) is 0 Å². The molecule has 0 spiro atoms. The van der Waals surface area contributed by atoms with Crippen LogP contribution < -0.4 is 5.32 Å². The molecule has 2 aromatic rings. The molecule has 0 radical (unpaired) electrons. The lowest BCUT2D eigenvalue weighted by molar-refractivity contribution is -0.128. The Bertz CT molecular complexity index is 767. The lowest BCUT2D eigenvalue weighted by atomic mass is 10.1. The molecule has 1 aliphatic heterocycles. The number of halogens is 2. The van der Waals surface area contributed by atoms with Crippen LogP contribution in [0.1, 0.15) is 12.0 Å². The average molecular weight is 347 g/mol. The van der Waals surface area contributed by atoms with Crippen LogP contribution in [0.3, 0.4) is 0 Å². The van der Waals surface area contributed by atoms with Crippen molar-refractivity contribution < 1.29 is 14.0 Å². The topological polar surface area (TPSA) is 49.4 Å². The maximum absolute atomic E-state index is 13.9. The first-order chi connectivity index (χ1) is 11.5. The van der Waals surface area contributed by atoms with E-state index < -0.39 is 11.7 Å². The summed E-state index contributed by atoms with van der Waals surface area (Å²) in [6.45, 7) is 0.788. The Morgan fingerprint density at radius 3 is 2.71 bits per heavy atom. The van der Waals surface area contributed by atoms with E-state index in [0.29, 0.717) is 13.1 Å². The third kappa shape index (κ3) is 3.57. The first kappa shape index (κ1) is 16.5. The minimum absolute atomic E-state index is 0.0291. The Balaban J connectivity index is 1.64. The molecule has 1 saturated heterocycles. The highest BCUT2D eigenvalue weighted by Gasteiger charge is 2.34. The van der Waals surface area contributed by atoms with E-state index in [1.54, 1.807) is 11.0 Å². The van der Waals surface area contributed by atoms with Crippen molar-refractivity contribution in [1.29, 1.82) is 0 Å². The predicted octanol–water partition coefficient (Wildman–Crippen LogP) is 3.47. The summed E-state index contributed by atoms with van der Waals surface area (Å²) in [7, 11) is 0. The Kier molecular flexibility index (Phi) is 4.81. The molecule has 0 aliphatic carbocycles. The van der Waals surface area contributed by atoms with Gasteiger partial charge < -0.3 is 10.2 Å². The van der Waals surface area contributed by atoms with E-state index in [-0.39, 0.29) is 28.9 Å². The molecule has 0 unspecified atom stereocenters. The number of nitrogens with zero attached hydrogens (tertiary/aromatic N) is 1. The highest BCUT2D eigenvalue weighted by Crippen LogP contribution is 2.25. The van der Waals surface area contributed by atoms with E-state index in [0.717, 1.165) is 5.56 Å². The number of carbonyl (C=O) groups excluding carboxylic acids is 2. The molecule has 4 nitrogen and oxygen atoms in total. The van der Waals surface area contributed by atoms with Crippen LogP contribution in [-0.2, 0) is 16.1 Å². The molecule has 1 heterocycles. The predicted molar refractivity (Wildman–Crippen MR) is 90.0 cm³/mol. The maximum Gasteiger partial charge on any atom is 0.229 e. The van der Waals surface area contributed by atoms with Gasteiger partial charge in [-0.2, -0.15) is 0 Å². The largest absolute Gasteiger partial charge is 0.338 e. The molecule has 2 amide bonds. The minimum atomic E-state index is -0.669. The lowest BCUT2D eigenvalue weighted by Gasteiger charge is -2.16. The number of amides is 2. The Morgan fingerprint density at radius 1 is 1.21 bits per heavy atom. The van der Waals surface area contributed by atoms with Crippen molar-refractivity contribution in [3.8, 4) is 0 Å². The standard InChI is InChI=1S/C18H16ClFN2O2/c19-14-7-4-8-15(17(14)20)21-18(24)13-9-16(23)22(11-13)10-12-5-2-1-3-6-12/h1-8,13H,9-11H2,(H,21,24)/t13-/m1/s1. The number of likely N-dealkylation sites (tertiary alicyclic amines) is 1. The van der Waals surface area contributed by atoms with E-state index in [1.165, 1.54) is 12.1 Å². The fourth-order valence-electron chi connectivity index (χ4n) is 2.74. The van der Waals surface area contributed by atoms with Crippen molar-refractivity contribution in [3.63, 3.8) is 0 Å². The molecule has 1 fully saturated rings. The Hall–Kier alpha value is -2.40. The van der Waals surface area contributed by atoms with Crippen LogP contribution in [0.4, 0.5) is 10.1 Å². The van der Waals surface area contributed by atoms with Gasteiger partial charge in [-0.25, -0.2) is 4.39 Å². The summed E-state index contributed by atoms with van der Waals surface area (Å²) in [5.41, 5.74) is 1.04. The summed E-state index contributed by atoms with van der Waals surface area (Å²) in [5, 5.41) is 2.47. The van der Waals surface area contributed by atoms with Gasteiger partial charge in [0.05, 0.1) is 16.6 Å². The second kappa shape index (κ2) is 7.01. The van der Waals surface area contributed by atoms with Crippen molar-refractivity contribution in [2.75, 3.05) is 11.9 Å². The number of hydrogen-bond acceptors (Lipinski definition) is 2. The molecule has 6 heteroatoms. The molecule has 1 atom stereocenters. The van der Waals surface area contributed by atoms with E-state index in [4.69, 9.17) is 11.6 Å². The molecule has 3 rings (SSSR count).